The standard InChI is InChI=1S/C23H27N3O3/c1-15-6-7-16(2)22(10-15)29-14-19-11-18(8-9-21(19)28-5)23(27)24-12-20-13-25-26(4)17(20)3/h6-11,13H,12,14H2,1-5H3,(H,24,27). The normalized spacial score (nSPS) is 10.7. The minimum Gasteiger partial charge on any atom is -0.496 e. The second-order valence-corrected chi connectivity index (χ2v) is 7.15. The van der Waals surface area contributed by atoms with Crippen molar-refractivity contribution in [2.24, 2.45) is 7.05 Å². The van der Waals surface area contributed by atoms with E-state index in [1.165, 1.54) is 0 Å². The molecule has 3 aromatic rings. The SMILES string of the molecule is COc1ccc(C(=O)NCc2cnn(C)c2C)cc1COc1cc(C)ccc1C. The molecule has 0 fully saturated rings. The van der Waals surface area contributed by atoms with Gasteiger partial charge in [0.1, 0.15) is 18.1 Å². The first kappa shape index (κ1) is 20.5. The summed E-state index contributed by atoms with van der Waals surface area (Å²) in [5.74, 6) is 1.37. The summed E-state index contributed by atoms with van der Waals surface area (Å²) in [5.41, 5.74) is 5.60. The van der Waals surface area contributed by atoms with Gasteiger partial charge in [-0.25, -0.2) is 0 Å². The van der Waals surface area contributed by atoms with Crippen molar-refractivity contribution in [3.05, 3.63) is 76.1 Å². The summed E-state index contributed by atoms with van der Waals surface area (Å²) < 4.78 is 13.2. The van der Waals surface area contributed by atoms with Crippen LogP contribution in [0.1, 0.15) is 38.3 Å². The Morgan fingerprint density at radius 3 is 2.55 bits per heavy atom. The van der Waals surface area contributed by atoms with Crippen LogP contribution in [0, 0.1) is 20.8 Å². The van der Waals surface area contributed by atoms with Gasteiger partial charge in [-0.1, -0.05) is 12.1 Å². The van der Waals surface area contributed by atoms with E-state index in [-0.39, 0.29) is 5.91 Å². The molecule has 0 saturated carbocycles. The van der Waals surface area contributed by atoms with Crippen molar-refractivity contribution in [2.45, 2.75) is 33.9 Å². The number of rotatable bonds is 7. The number of hydrogen-bond acceptors (Lipinski definition) is 4. The van der Waals surface area contributed by atoms with Crippen molar-refractivity contribution in [1.82, 2.24) is 15.1 Å². The highest BCUT2D eigenvalue weighted by Crippen LogP contribution is 2.25. The predicted octanol–water partition coefficient (Wildman–Crippen LogP) is 3.86. The number of nitrogens with one attached hydrogen (secondary N) is 1. The van der Waals surface area contributed by atoms with E-state index in [0.29, 0.717) is 24.5 Å². The number of benzene rings is 2. The number of amides is 1. The van der Waals surface area contributed by atoms with E-state index in [1.54, 1.807) is 30.1 Å². The topological polar surface area (TPSA) is 65.4 Å². The van der Waals surface area contributed by atoms with Crippen LogP contribution >= 0.6 is 0 Å². The zero-order valence-corrected chi connectivity index (χ0v) is 17.6. The molecule has 6 heteroatoms. The Balaban J connectivity index is 1.73. The second-order valence-electron chi connectivity index (χ2n) is 7.15. The molecular weight excluding hydrogens is 366 g/mol. The van der Waals surface area contributed by atoms with Crippen LogP contribution in [0.2, 0.25) is 0 Å². The number of aromatic nitrogens is 2. The summed E-state index contributed by atoms with van der Waals surface area (Å²) in [6.45, 7) is 6.76. The number of hydrogen-bond donors (Lipinski definition) is 1. The first-order valence-corrected chi connectivity index (χ1v) is 9.51. The smallest absolute Gasteiger partial charge is 0.251 e. The lowest BCUT2D eigenvalue weighted by Gasteiger charge is -2.14. The van der Waals surface area contributed by atoms with Gasteiger partial charge in [0.15, 0.2) is 0 Å². The maximum atomic E-state index is 12.6. The van der Waals surface area contributed by atoms with Crippen LogP contribution < -0.4 is 14.8 Å². The Morgan fingerprint density at radius 2 is 1.86 bits per heavy atom. The highest BCUT2D eigenvalue weighted by molar-refractivity contribution is 5.94. The fraction of sp³-hybridized carbons (Fsp3) is 0.304. The van der Waals surface area contributed by atoms with Crippen molar-refractivity contribution in [3.63, 3.8) is 0 Å². The molecule has 0 bridgehead atoms. The van der Waals surface area contributed by atoms with Crippen molar-refractivity contribution in [3.8, 4) is 11.5 Å². The number of carbonyl (C=O) groups is 1. The largest absolute Gasteiger partial charge is 0.496 e. The van der Waals surface area contributed by atoms with Crippen LogP contribution in [0.15, 0.2) is 42.6 Å². The Labute approximate surface area is 171 Å². The zero-order valence-electron chi connectivity index (χ0n) is 17.6. The summed E-state index contributed by atoms with van der Waals surface area (Å²) in [6.07, 6.45) is 1.77. The molecule has 0 aliphatic rings. The van der Waals surface area contributed by atoms with E-state index >= 15 is 0 Å². The van der Waals surface area contributed by atoms with Crippen LogP contribution in [-0.2, 0) is 20.2 Å². The number of aryl methyl sites for hydroxylation is 3. The molecule has 0 atom stereocenters. The molecule has 0 spiro atoms. The third kappa shape index (κ3) is 4.77. The van der Waals surface area contributed by atoms with E-state index in [4.69, 9.17) is 9.47 Å². The van der Waals surface area contributed by atoms with Gasteiger partial charge in [0.25, 0.3) is 5.91 Å². The fourth-order valence-electron chi connectivity index (χ4n) is 3.05. The van der Waals surface area contributed by atoms with Gasteiger partial charge in [0.2, 0.25) is 0 Å². The molecule has 0 radical (unpaired) electrons. The Bertz CT molecular complexity index is 1020. The molecule has 0 aliphatic carbocycles. The highest BCUT2D eigenvalue weighted by atomic mass is 16.5. The van der Waals surface area contributed by atoms with Gasteiger partial charge in [0, 0.05) is 36.0 Å². The number of nitrogens with zero attached hydrogens (tertiary/aromatic N) is 2. The van der Waals surface area contributed by atoms with Crippen LogP contribution in [-0.4, -0.2) is 22.8 Å². The molecule has 1 heterocycles. The van der Waals surface area contributed by atoms with Gasteiger partial charge in [-0.15, -0.1) is 0 Å². The number of ether oxygens (including phenoxy) is 2. The Hall–Kier alpha value is -3.28. The lowest BCUT2D eigenvalue weighted by atomic mass is 10.1. The molecule has 29 heavy (non-hydrogen) atoms. The summed E-state index contributed by atoms with van der Waals surface area (Å²) >= 11 is 0. The molecule has 1 N–H and O–H groups in total. The maximum absolute atomic E-state index is 12.6. The second kappa shape index (κ2) is 8.82. The monoisotopic (exact) mass is 393 g/mol. The number of methoxy groups -OCH3 is 1. The van der Waals surface area contributed by atoms with Crippen molar-refractivity contribution >= 4 is 5.91 Å². The average molecular weight is 393 g/mol. The summed E-state index contributed by atoms with van der Waals surface area (Å²) in [6, 6.07) is 11.5. The van der Waals surface area contributed by atoms with Gasteiger partial charge in [-0.2, -0.15) is 5.10 Å². The highest BCUT2D eigenvalue weighted by Gasteiger charge is 2.13. The first-order valence-electron chi connectivity index (χ1n) is 9.51. The van der Waals surface area contributed by atoms with E-state index in [9.17, 15) is 4.79 Å². The van der Waals surface area contributed by atoms with Crippen LogP contribution in [0.25, 0.3) is 0 Å². The van der Waals surface area contributed by atoms with Crippen molar-refractivity contribution in [2.75, 3.05) is 7.11 Å². The van der Waals surface area contributed by atoms with Gasteiger partial charge in [-0.3, -0.25) is 9.48 Å². The third-order valence-electron chi connectivity index (χ3n) is 5.05. The third-order valence-corrected chi connectivity index (χ3v) is 5.05. The lowest BCUT2D eigenvalue weighted by molar-refractivity contribution is 0.0950. The average Bonchev–Trinajstić information content (AvgIpc) is 3.04. The van der Waals surface area contributed by atoms with E-state index in [2.05, 4.69) is 16.5 Å². The molecular formula is C23H27N3O3. The lowest BCUT2D eigenvalue weighted by Crippen LogP contribution is -2.23. The molecule has 0 saturated heterocycles. The fourth-order valence-corrected chi connectivity index (χ4v) is 3.05. The first-order chi connectivity index (χ1) is 13.9. The molecule has 0 unspecified atom stereocenters. The van der Waals surface area contributed by atoms with Gasteiger partial charge < -0.3 is 14.8 Å². The minimum atomic E-state index is -0.149. The van der Waals surface area contributed by atoms with Crippen LogP contribution in [0.3, 0.4) is 0 Å². The number of carbonyl (C=O) groups excluding carboxylic acids is 1. The molecule has 3 rings (SSSR count). The summed E-state index contributed by atoms with van der Waals surface area (Å²) in [4.78, 5) is 12.6. The van der Waals surface area contributed by atoms with Crippen molar-refractivity contribution in [1.29, 1.82) is 0 Å². The van der Waals surface area contributed by atoms with Gasteiger partial charge >= 0.3 is 0 Å². The predicted molar refractivity (Wildman–Crippen MR) is 112 cm³/mol. The molecule has 0 aliphatic heterocycles. The molecule has 152 valence electrons. The summed E-state index contributed by atoms with van der Waals surface area (Å²) in [5, 5.41) is 7.15. The molecule has 2 aromatic carbocycles. The minimum absolute atomic E-state index is 0.149. The zero-order chi connectivity index (χ0) is 21.0. The van der Waals surface area contributed by atoms with E-state index < -0.39 is 0 Å². The molecule has 1 aromatic heterocycles. The Kier molecular flexibility index (Phi) is 6.22. The molecule has 1 amide bonds. The van der Waals surface area contributed by atoms with Crippen LogP contribution in [0.5, 0.6) is 11.5 Å². The van der Waals surface area contributed by atoms with Gasteiger partial charge in [-0.05, 0) is 56.2 Å². The quantitative estimate of drug-likeness (QED) is 0.662. The van der Waals surface area contributed by atoms with Gasteiger partial charge in [0.05, 0.1) is 13.3 Å². The summed E-state index contributed by atoms with van der Waals surface area (Å²) in [7, 11) is 3.49. The van der Waals surface area contributed by atoms with E-state index in [1.807, 2.05) is 46.0 Å². The van der Waals surface area contributed by atoms with E-state index in [0.717, 1.165) is 33.7 Å². The molecule has 6 nitrogen and oxygen atoms in total. The van der Waals surface area contributed by atoms with Crippen LogP contribution in [0.4, 0.5) is 0 Å². The Morgan fingerprint density at radius 1 is 1.07 bits per heavy atom. The maximum Gasteiger partial charge on any atom is 0.251 e. The van der Waals surface area contributed by atoms with Crippen molar-refractivity contribution < 1.29 is 14.3 Å².